The van der Waals surface area contributed by atoms with Crippen molar-refractivity contribution in [1.29, 1.82) is 0 Å². The lowest BCUT2D eigenvalue weighted by Gasteiger charge is -2.14. The third-order valence-corrected chi connectivity index (χ3v) is 4.71. The van der Waals surface area contributed by atoms with Crippen molar-refractivity contribution in [3.63, 3.8) is 0 Å². The number of rotatable bonds is 4. The zero-order chi connectivity index (χ0) is 19.5. The molecule has 2 amide bonds. The Morgan fingerprint density at radius 3 is 2.79 bits per heavy atom. The summed E-state index contributed by atoms with van der Waals surface area (Å²) in [4.78, 5) is 25.7. The monoisotopic (exact) mass is 402 g/mol. The van der Waals surface area contributed by atoms with Gasteiger partial charge in [0, 0.05) is 17.8 Å². The molecule has 2 aromatic carbocycles. The van der Waals surface area contributed by atoms with Crippen LogP contribution in [0.5, 0.6) is 11.5 Å². The minimum absolute atomic E-state index is 0.131. The summed E-state index contributed by atoms with van der Waals surface area (Å²) in [6.07, 6.45) is 0.527. The van der Waals surface area contributed by atoms with Gasteiger partial charge in [-0.2, -0.15) is 0 Å². The number of hydrogen-bond donors (Lipinski definition) is 1. The van der Waals surface area contributed by atoms with E-state index in [0.29, 0.717) is 54.3 Å². The summed E-state index contributed by atoms with van der Waals surface area (Å²) in [6, 6.07) is 10.6. The Morgan fingerprint density at radius 1 is 1.11 bits per heavy atom. The fourth-order valence-electron chi connectivity index (χ4n) is 3.16. The second-order valence-corrected chi connectivity index (χ2v) is 6.90. The van der Waals surface area contributed by atoms with Crippen molar-refractivity contribution in [2.75, 3.05) is 36.6 Å². The molecule has 0 bridgehead atoms. The molecule has 0 atom stereocenters. The van der Waals surface area contributed by atoms with E-state index < -0.39 is 0 Å². The lowest BCUT2D eigenvalue weighted by Crippen LogP contribution is -2.23. The number of carbonyl (C=O) groups excluding carboxylic acids is 2. The van der Waals surface area contributed by atoms with Crippen LogP contribution in [0.4, 0.5) is 16.2 Å². The van der Waals surface area contributed by atoms with Crippen molar-refractivity contribution in [1.82, 2.24) is 0 Å². The first-order chi connectivity index (χ1) is 13.6. The third kappa shape index (κ3) is 3.99. The molecule has 28 heavy (non-hydrogen) atoms. The van der Waals surface area contributed by atoms with E-state index in [9.17, 15) is 9.59 Å². The Balaban J connectivity index is 1.46. The first-order valence-corrected chi connectivity index (χ1v) is 9.40. The summed E-state index contributed by atoms with van der Waals surface area (Å²) in [7, 11) is 0. The largest absolute Gasteiger partial charge is 0.489 e. The maximum atomic E-state index is 12.5. The van der Waals surface area contributed by atoms with E-state index in [1.807, 2.05) is 0 Å². The van der Waals surface area contributed by atoms with E-state index in [1.54, 1.807) is 36.4 Å². The molecule has 1 fully saturated rings. The molecule has 0 aromatic heterocycles. The number of fused-ring (bicyclic) bond motifs is 1. The molecule has 0 spiro atoms. The molecule has 2 aliphatic rings. The van der Waals surface area contributed by atoms with Crippen molar-refractivity contribution in [3.05, 3.63) is 47.0 Å². The van der Waals surface area contributed by atoms with Gasteiger partial charge < -0.3 is 19.5 Å². The summed E-state index contributed by atoms with van der Waals surface area (Å²) in [5.41, 5.74) is 2.01. The summed E-state index contributed by atoms with van der Waals surface area (Å²) in [5.74, 6) is 0.877. The number of hydrogen-bond acceptors (Lipinski definition) is 5. The molecule has 146 valence electrons. The SMILES string of the molecule is O=C(Cc1cc(Cl)c2c(c1)OCCCO2)Nc1cccc(N2CCOC2=O)c1. The number of cyclic esters (lactones) is 1. The van der Waals surface area contributed by atoms with Crippen LogP contribution in [0.1, 0.15) is 12.0 Å². The molecule has 4 rings (SSSR count). The highest BCUT2D eigenvalue weighted by atomic mass is 35.5. The Labute approximate surface area is 167 Å². The lowest BCUT2D eigenvalue weighted by atomic mass is 10.1. The van der Waals surface area contributed by atoms with E-state index >= 15 is 0 Å². The molecule has 1 saturated heterocycles. The molecule has 8 heteroatoms. The van der Waals surface area contributed by atoms with E-state index in [4.69, 9.17) is 25.8 Å². The summed E-state index contributed by atoms with van der Waals surface area (Å²) < 4.78 is 16.2. The molecule has 1 N–H and O–H groups in total. The zero-order valence-corrected chi connectivity index (χ0v) is 15.8. The van der Waals surface area contributed by atoms with Gasteiger partial charge in [0.25, 0.3) is 0 Å². The quantitative estimate of drug-likeness (QED) is 0.844. The molecule has 0 unspecified atom stereocenters. The predicted octanol–water partition coefficient (Wildman–Crippen LogP) is 3.64. The molecule has 0 radical (unpaired) electrons. The number of halogens is 1. The normalized spacial score (nSPS) is 15.8. The Kier molecular flexibility index (Phi) is 5.25. The number of nitrogens with zero attached hydrogens (tertiary/aromatic N) is 1. The molecular formula is C20H19ClN2O5. The van der Waals surface area contributed by atoms with Gasteiger partial charge >= 0.3 is 6.09 Å². The maximum Gasteiger partial charge on any atom is 0.414 e. The number of ether oxygens (including phenoxy) is 3. The molecular weight excluding hydrogens is 384 g/mol. The Morgan fingerprint density at radius 2 is 1.96 bits per heavy atom. The van der Waals surface area contributed by atoms with Gasteiger partial charge in [0.05, 0.1) is 31.2 Å². The van der Waals surface area contributed by atoms with Crippen molar-refractivity contribution in [3.8, 4) is 11.5 Å². The first kappa shape index (κ1) is 18.4. The van der Waals surface area contributed by atoms with Gasteiger partial charge in [0.1, 0.15) is 6.61 Å². The van der Waals surface area contributed by atoms with Crippen molar-refractivity contribution in [2.24, 2.45) is 0 Å². The van der Waals surface area contributed by atoms with E-state index in [0.717, 1.165) is 12.0 Å². The number of nitrogens with one attached hydrogen (secondary N) is 1. The van der Waals surface area contributed by atoms with Gasteiger partial charge in [0.2, 0.25) is 5.91 Å². The Hall–Kier alpha value is -2.93. The Bertz CT molecular complexity index is 917. The van der Waals surface area contributed by atoms with Crippen molar-refractivity contribution < 1.29 is 23.8 Å². The zero-order valence-electron chi connectivity index (χ0n) is 15.1. The average molecular weight is 403 g/mol. The minimum atomic E-state index is -0.384. The molecule has 7 nitrogen and oxygen atoms in total. The van der Waals surface area contributed by atoms with Gasteiger partial charge in [-0.1, -0.05) is 17.7 Å². The fourth-order valence-corrected chi connectivity index (χ4v) is 3.44. The van der Waals surface area contributed by atoms with Crippen LogP contribution in [-0.4, -0.2) is 38.4 Å². The van der Waals surface area contributed by atoms with Gasteiger partial charge in [-0.25, -0.2) is 4.79 Å². The molecule has 0 aliphatic carbocycles. The van der Waals surface area contributed by atoms with Gasteiger partial charge in [0.15, 0.2) is 11.5 Å². The summed E-state index contributed by atoms with van der Waals surface area (Å²) in [5, 5.41) is 3.28. The molecule has 2 heterocycles. The predicted molar refractivity (Wildman–Crippen MR) is 105 cm³/mol. The highest BCUT2D eigenvalue weighted by molar-refractivity contribution is 6.32. The number of carbonyl (C=O) groups is 2. The van der Waals surface area contributed by atoms with E-state index in [1.165, 1.54) is 4.90 Å². The van der Waals surface area contributed by atoms with Crippen LogP contribution in [0.15, 0.2) is 36.4 Å². The second kappa shape index (κ2) is 7.98. The third-order valence-electron chi connectivity index (χ3n) is 4.43. The van der Waals surface area contributed by atoms with Crippen LogP contribution in [0.25, 0.3) is 0 Å². The average Bonchev–Trinajstić information content (AvgIpc) is 2.94. The summed E-state index contributed by atoms with van der Waals surface area (Å²) >= 11 is 6.28. The molecule has 2 aliphatic heterocycles. The molecule has 2 aromatic rings. The van der Waals surface area contributed by atoms with Crippen LogP contribution in [-0.2, 0) is 16.0 Å². The van der Waals surface area contributed by atoms with Crippen molar-refractivity contribution >= 4 is 35.0 Å². The maximum absolute atomic E-state index is 12.5. The van der Waals surface area contributed by atoms with Gasteiger partial charge in [-0.3, -0.25) is 9.69 Å². The lowest BCUT2D eigenvalue weighted by molar-refractivity contribution is -0.115. The standard InChI is InChI=1S/C20H19ClN2O5/c21-16-9-13(10-17-19(16)27-7-2-6-26-17)11-18(24)22-14-3-1-4-15(12-14)23-5-8-28-20(23)25/h1,3-4,9-10,12H,2,5-8,11H2,(H,22,24). The fraction of sp³-hybridized carbons (Fsp3) is 0.300. The van der Waals surface area contributed by atoms with E-state index in [-0.39, 0.29) is 18.4 Å². The molecule has 0 saturated carbocycles. The first-order valence-electron chi connectivity index (χ1n) is 9.02. The number of amides is 2. The van der Waals surface area contributed by atoms with Crippen LogP contribution >= 0.6 is 11.6 Å². The second-order valence-electron chi connectivity index (χ2n) is 6.50. The highest BCUT2D eigenvalue weighted by Gasteiger charge is 2.23. The van der Waals surface area contributed by atoms with Gasteiger partial charge in [-0.05, 0) is 35.9 Å². The highest BCUT2D eigenvalue weighted by Crippen LogP contribution is 2.38. The number of benzene rings is 2. The van der Waals surface area contributed by atoms with E-state index in [2.05, 4.69) is 5.32 Å². The van der Waals surface area contributed by atoms with Crippen LogP contribution < -0.4 is 19.7 Å². The van der Waals surface area contributed by atoms with Crippen LogP contribution in [0.3, 0.4) is 0 Å². The van der Waals surface area contributed by atoms with Crippen molar-refractivity contribution in [2.45, 2.75) is 12.8 Å². The smallest absolute Gasteiger partial charge is 0.414 e. The minimum Gasteiger partial charge on any atom is -0.489 e. The van der Waals surface area contributed by atoms with Gasteiger partial charge in [-0.15, -0.1) is 0 Å². The van der Waals surface area contributed by atoms with Crippen LogP contribution in [0.2, 0.25) is 5.02 Å². The summed E-state index contributed by atoms with van der Waals surface area (Å²) in [6.45, 7) is 1.95. The number of anilines is 2. The topological polar surface area (TPSA) is 77.1 Å². The van der Waals surface area contributed by atoms with Crippen LogP contribution in [0, 0.1) is 0 Å².